The molecule has 0 atom stereocenters. The van der Waals surface area contributed by atoms with E-state index in [0.717, 1.165) is 12.0 Å². The minimum Gasteiger partial charge on any atom is -0.270 e. The summed E-state index contributed by atoms with van der Waals surface area (Å²) in [6.07, 6.45) is 1.51. The molecule has 17 heavy (non-hydrogen) atoms. The monoisotopic (exact) mass is 227 g/mol. The quantitative estimate of drug-likeness (QED) is 0.634. The number of nitrogens with zero attached hydrogens (tertiary/aromatic N) is 1. The summed E-state index contributed by atoms with van der Waals surface area (Å²) in [5, 5.41) is 0. The van der Waals surface area contributed by atoms with E-state index in [4.69, 9.17) is 0 Å². The van der Waals surface area contributed by atoms with Crippen LogP contribution < -0.4 is 0 Å². The lowest BCUT2D eigenvalue weighted by Gasteiger charge is -2.20. The molecule has 3 rings (SSSR count). The number of benzene rings is 1. The van der Waals surface area contributed by atoms with Crippen molar-refractivity contribution in [3.05, 3.63) is 46.5 Å². The molecule has 3 nitrogen and oxygen atoms in total. The van der Waals surface area contributed by atoms with E-state index in [0.29, 0.717) is 24.1 Å². The summed E-state index contributed by atoms with van der Waals surface area (Å²) in [5.74, 6) is -0.219. The zero-order valence-corrected chi connectivity index (χ0v) is 9.69. The van der Waals surface area contributed by atoms with Gasteiger partial charge in [-0.05, 0) is 30.9 Å². The number of hydrogen-bond acceptors (Lipinski definition) is 2. The van der Waals surface area contributed by atoms with Gasteiger partial charge in [0.05, 0.1) is 6.54 Å². The molecule has 0 radical (unpaired) electrons. The van der Waals surface area contributed by atoms with Crippen molar-refractivity contribution in [2.75, 3.05) is 0 Å². The molecule has 3 heteroatoms. The lowest BCUT2D eigenvalue weighted by atomic mass is 9.97. The second-order valence-electron chi connectivity index (χ2n) is 4.57. The average Bonchev–Trinajstić information content (AvgIpc) is 2.54. The molecular formula is C14H13NO2. The number of rotatable bonds is 0. The Hall–Kier alpha value is -1.90. The Morgan fingerprint density at radius 2 is 1.71 bits per heavy atom. The molecule has 2 amide bonds. The number of carbonyl (C=O) groups excluding carboxylic acids is 2. The van der Waals surface area contributed by atoms with Crippen LogP contribution >= 0.6 is 0 Å². The molecule has 0 saturated heterocycles. The Bertz CT molecular complexity index is 557. The van der Waals surface area contributed by atoms with Crippen molar-refractivity contribution in [3.63, 3.8) is 0 Å². The van der Waals surface area contributed by atoms with Gasteiger partial charge in [0, 0.05) is 11.1 Å². The number of hydrogen-bond donors (Lipinski definition) is 0. The third kappa shape index (κ3) is 1.42. The smallest absolute Gasteiger partial charge is 0.257 e. The van der Waals surface area contributed by atoms with Crippen molar-refractivity contribution in [3.8, 4) is 0 Å². The standard InChI is InChI=1S/C14H13NO2/c1-9-12-7-6-10-4-2-3-5-11(10)8-15(13(9)16)14(12)17/h2-5H,6-8H2,1H3. The molecule has 86 valence electrons. The predicted octanol–water partition coefficient (Wildman–Crippen LogP) is 1.82. The molecular weight excluding hydrogens is 214 g/mol. The van der Waals surface area contributed by atoms with Crippen LogP contribution in [0.3, 0.4) is 0 Å². The van der Waals surface area contributed by atoms with Gasteiger partial charge in [-0.15, -0.1) is 0 Å². The summed E-state index contributed by atoms with van der Waals surface area (Å²) < 4.78 is 0. The maximum absolute atomic E-state index is 12.0. The lowest BCUT2D eigenvalue weighted by Crippen LogP contribution is -2.32. The fraction of sp³-hybridized carbons (Fsp3) is 0.286. The van der Waals surface area contributed by atoms with Crippen LogP contribution in [0.5, 0.6) is 0 Å². The predicted molar refractivity (Wildman–Crippen MR) is 63.0 cm³/mol. The molecule has 1 aromatic rings. The van der Waals surface area contributed by atoms with Crippen LogP contribution in [0.1, 0.15) is 24.5 Å². The first kappa shape index (κ1) is 10.3. The normalized spacial score (nSPS) is 19.2. The third-order valence-corrected chi connectivity index (χ3v) is 3.61. The molecule has 0 saturated carbocycles. The summed E-state index contributed by atoms with van der Waals surface area (Å²) >= 11 is 0. The maximum Gasteiger partial charge on any atom is 0.257 e. The van der Waals surface area contributed by atoms with Gasteiger partial charge < -0.3 is 0 Å². The number of fused-ring (bicyclic) bond motifs is 3. The Kier molecular flexibility index (Phi) is 2.15. The van der Waals surface area contributed by atoms with E-state index in [1.54, 1.807) is 6.92 Å². The van der Waals surface area contributed by atoms with E-state index in [1.807, 2.05) is 18.2 Å². The Morgan fingerprint density at radius 3 is 2.47 bits per heavy atom. The van der Waals surface area contributed by atoms with Crippen LogP contribution in [0.4, 0.5) is 0 Å². The van der Waals surface area contributed by atoms with Crippen molar-refractivity contribution in [1.82, 2.24) is 4.90 Å². The summed E-state index contributed by atoms with van der Waals surface area (Å²) in [4.78, 5) is 25.4. The van der Waals surface area contributed by atoms with E-state index in [-0.39, 0.29) is 11.8 Å². The Morgan fingerprint density at radius 1 is 1.00 bits per heavy atom. The van der Waals surface area contributed by atoms with Crippen LogP contribution in [0, 0.1) is 0 Å². The first-order valence-corrected chi connectivity index (χ1v) is 5.81. The minimum atomic E-state index is -0.123. The van der Waals surface area contributed by atoms with Crippen molar-refractivity contribution >= 4 is 11.8 Å². The van der Waals surface area contributed by atoms with Gasteiger partial charge >= 0.3 is 0 Å². The third-order valence-electron chi connectivity index (χ3n) is 3.61. The first-order valence-electron chi connectivity index (χ1n) is 5.81. The highest BCUT2D eigenvalue weighted by atomic mass is 16.2. The number of aryl methyl sites for hydroxylation is 1. The molecule has 0 fully saturated rings. The van der Waals surface area contributed by atoms with Crippen molar-refractivity contribution in [2.24, 2.45) is 0 Å². The van der Waals surface area contributed by atoms with E-state index < -0.39 is 0 Å². The van der Waals surface area contributed by atoms with Crippen molar-refractivity contribution in [1.29, 1.82) is 0 Å². The second kappa shape index (κ2) is 3.55. The van der Waals surface area contributed by atoms with Gasteiger partial charge in [0.15, 0.2) is 0 Å². The fourth-order valence-electron chi connectivity index (χ4n) is 2.57. The zero-order valence-electron chi connectivity index (χ0n) is 9.69. The molecule has 2 aliphatic heterocycles. The van der Waals surface area contributed by atoms with Gasteiger partial charge in [-0.25, -0.2) is 0 Å². The summed E-state index contributed by atoms with van der Waals surface area (Å²) in [7, 11) is 0. The highest BCUT2D eigenvalue weighted by Gasteiger charge is 2.36. The van der Waals surface area contributed by atoms with Gasteiger partial charge in [-0.3, -0.25) is 14.5 Å². The largest absolute Gasteiger partial charge is 0.270 e. The van der Waals surface area contributed by atoms with E-state index in [1.165, 1.54) is 10.5 Å². The molecule has 0 spiro atoms. The van der Waals surface area contributed by atoms with Crippen molar-refractivity contribution < 1.29 is 9.59 Å². The molecule has 0 aliphatic carbocycles. The Labute approximate surface area is 99.7 Å². The molecule has 2 aliphatic rings. The second-order valence-corrected chi connectivity index (χ2v) is 4.57. The average molecular weight is 227 g/mol. The molecule has 1 aromatic carbocycles. The molecule has 2 bridgehead atoms. The number of imide groups is 1. The first-order chi connectivity index (χ1) is 8.18. The zero-order chi connectivity index (χ0) is 12.0. The fourth-order valence-corrected chi connectivity index (χ4v) is 2.57. The topological polar surface area (TPSA) is 37.4 Å². The minimum absolute atomic E-state index is 0.0954. The highest BCUT2D eigenvalue weighted by molar-refractivity contribution is 6.19. The number of amides is 2. The summed E-state index contributed by atoms with van der Waals surface area (Å²) in [5.41, 5.74) is 3.65. The highest BCUT2D eigenvalue weighted by Crippen LogP contribution is 2.29. The van der Waals surface area contributed by atoms with E-state index in [2.05, 4.69) is 6.07 Å². The molecule has 2 heterocycles. The van der Waals surface area contributed by atoms with E-state index >= 15 is 0 Å². The number of carbonyl (C=O) groups is 2. The Balaban J connectivity index is 2.10. The molecule has 0 aromatic heterocycles. The summed E-state index contributed by atoms with van der Waals surface area (Å²) in [6, 6.07) is 8.02. The van der Waals surface area contributed by atoms with Gasteiger partial charge in [0.2, 0.25) is 0 Å². The van der Waals surface area contributed by atoms with Gasteiger partial charge in [0.1, 0.15) is 0 Å². The SMILES string of the molecule is CC1=C2CCc3ccccc3CN(C1=O)C2=O. The van der Waals surface area contributed by atoms with Crippen molar-refractivity contribution in [2.45, 2.75) is 26.3 Å². The van der Waals surface area contributed by atoms with Crippen LogP contribution in [0.15, 0.2) is 35.4 Å². The lowest BCUT2D eigenvalue weighted by molar-refractivity contribution is -0.138. The van der Waals surface area contributed by atoms with Crippen LogP contribution in [-0.2, 0) is 22.6 Å². The molecule has 0 unspecified atom stereocenters. The maximum atomic E-state index is 12.0. The van der Waals surface area contributed by atoms with Crippen LogP contribution in [0.2, 0.25) is 0 Å². The van der Waals surface area contributed by atoms with Crippen LogP contribution in [-0.4, -0.2) is 16.7 Å². The van der Waals surface area contributed by atoms with Gasteiger partial charge in [0.25, 0.3) is 11.8 Å². The van der Waals surface area contributed by atoms with Gasteiger partial charge in [-0.2, -0.15) is 0 Å². The van der Waals surface area contributed by atoms with E-state index in [9.17, 15) is 9.59 Å². The van der Waals surface area contributed by atoms with Gasteiger partial charge in [-0.1, -0.05) is 24.3 Å². The summed E-state index contributed by atoms with van der Waals surface area (Å²) in [6.45, 7) is 2.17. The van der Waals surface area contributed by atoms with Crippen LogP contribution in [0.25, 0.3) is 0 Å². The molecule has 0 N–H and O–H groups in total.